The number of hydrogen-bond donors (Lipinski definition) is 1. The van der Waals surface area contributed by atoms with Gasteiger partial charge in [-0.05, 0) is 43.5 Å². The second kappa shape index (κ2) is 5.35. The first-order valence-corrected chi connectivity index (χ1v) is 7.05. The molecule has 0 unspecified atom stereocenters. The van der Waals surface area contributed by atoms with Crippen molar-refractivity contribution in [1.29, 1.82) is 0 Å². The lowest BCUT2D eigenvalue weighted by Crippen LogP contribution is -2.19. The van der Waals surface area contributed by atoms with Gasteiger partial charge in [0.2, 0.25) is 0 Å². The van der Waals surface area contributed by atoms with E-state index in [1.807, 2.05) is 25.1 Å². The molecular weight excluding hydrogens is 260 g/mol. The van der Waals surface area contributed by atoms with Gasteiger partial charge in [-0.15, -0.1) is 0 Å². The Bertz CT molecular complexity index is 575. The molecule has 0 aliphatic heterocycles. The highest BCUT2D eigenvalue weighted by Crippen LogP contribution is 2.26. The molecule has 0 bridgehead atoms. The molecular formula is C15H17ClN2O. The van der Waals surface area contributed by atoms with E-state index in [0.717, 1.165) is 46.8 Å². The predicted molar refractivity (Wildman–Crippen MR) is 76.4 cm³/mol. The molecule has 4 heteroatoms. The summed E-state index contributed by atoms with van der Waals surface area (Å²) < 4.78 is 5.80. The summed E-state index contributed by atoms with van der Waals surface area (Å²) in [6, 6.07) is 6.52. The molecule has 0 saturated heterocycles. The van der Waals surface area contributed by atoms with Crippen LogP contribution < -0.4 is 5.32 Å². The third kappa shape index (κ3) is 3.17. The van der Waals surface area contributed by atoms with E-state index in [1.54, 1.807) is 6.20 Å². The number of nitrogens with one attached hydrogen (secondary N) is 1. The Morgan fingerprint density at radius 3 is 3.00 bits per heavy atom. The molecule has 3 rings (SSSR count). The summed E-state index contributed by atoms with van der Waals surface area (Å²) in [5.74, 6) is 1.60. The number of aromatic nitrogens is 1. The van der Waals surface area contributed by atoms with Crippen molar-refractivity contribution < 1.29 is 4.42 Å². The summed E-state index contributed by atoms with van der Waals surface area (Å²) in [7, 11) is 0. The normalized spacial score (nSPS) is 14.8. The van der Waals surface area contributed by atoms with Gasteiger partial charge < -0.3 is 9.73 Å². The van der Waals surface area contributed by atoms with Gasteiger partial charge >= 0.3 is 0 Å². The number of nitrogens with zero attached hydrogens (tertiary/aromatic N) is 1. The minimum absolute atomic E-state index is 0.730. The summed E-state index contributed by atoms with van der Waals surface area (Å²) in [6.07, 6.45) is 5.24. The molecule has 19 heavy (non-hydrogen) atoms. The average Bonchev–Trinajstić information content (AvgIpc) is 3.07. The molecule has 1 heterocycles. The van der Waals surface area contributed by atoms with Crippen molar-refractivity contribution in [2.24, 2.45) is 0 Å². The summed E-state index contributed by atoms with van der Waals surface area (Å²) in [5, 5.41) is 4.20. The molecule has 1 aliphatic rings. The molecule has 0 radical (unpaired) electrons. The molecule has 1 aromatic carbocycles. The number of oxazole rings is 1. The standard InChI is InChI=1S/C15H17ClN2O/c1-10-8-11(16)2-5-13(10)14-9-18-15(19-14)6-7-17-12-3-4-12/h2,5,8-9,12,17H,3-4,6-7H2,1H3. The zero-order valence-corrected chi connectivity index (χ0v) is 11.7. The Labute approximate surface area is 118 Å². The van der Waals surface area contributed by atoms with E-state index in [9.17, 15) is 0 Å². The minimum Gasteiger partial charge on any atom is -0.441 e. The second-order valence-electron chi connectivity index (χ2n) is 5.06. The van der Waals surface area contributed by atoms with Crippen LogP contribution in [0.1, 0.15) is 24.3 Å². The summed E-state index contributed by atoms with van der Waals surface area (Å²) in [4.78, 5) is 4.33. The number of hydrogen-bond acceptors (Lipinski definition) is 3. The van der Waals surface area contributed by atoms with Crippen molar-refractivity contribution in [2.45, 2.75) is 32.2 Å². The first kappa shape index (κ1) is 12.7. The quantitative estimate of drug-likeness (QED) is 0.907. The highest BCUT2D eigenvalue weighted by Gasteiger charge is 2.20. The lowest BCUT2D eigenvalue weighted by atomic mass is 10.1. The molecule has 1 aromatic heterocycles. The predicted octanol–water partition coefficient (Wildman–Crippen LogP) is 3.60. The van der Waals surface area contributed by atoms with Crippen LogP contribution in [0.2, 0.25) is 5.02 Å². The molecule has 3 nitrogen and oxygen atoms in total. The highest BCUT2D eigenvalue weighted by atomic mass is 35.5. The zero-order valence-electron chi connectivity index (χ0n) is 10.9. The highest BCUT2D eigenvalue weighted by molar-refractivity contribution is 6.30. The fourth-order valence-electron chi connectivity index (χ4n) is 2.12. The van der Waals surface area contributed by atoms with Crippen molar-refractivity contribution >= 4 is 11.6 Å². The Balaban J connectivity index is 1.68. The molecule has 0 atom stereocenters. The van der Waals surface area contributed by atoms with Crippen LogP contribution in [0.15, 0.2) is 28.8 Å². The van der Waals surface area contributed by atoms with Gasteiger partial charge in [0.25, 0.3) is 0 Å². The van der Waals surface area contributed by atoms with Gasteiger partial charge in [0.15, 0.2) is 11.7 Å². The second-order valence-corrected chi connectivity index (χ2v) is 5.49. The molecule has 0 spiro atoms. The first-order valence-electron chi connectivity index (χ1n) is 6.67. The zero-order chi connectivity index (χ0) is 13.2. The molecule has 1 saturated carbocycles. The third-order valence-electron chi connectivity index (χ3n) is 3.36. The van der Waals surface area contributed by atoms with Crippen molar-refractivity contribution in [1.82, 2.24) is 10.3 Å². The molecule has 1 fully saturated rings. The van der Waals surface area contributed by atoms with E-state index in [-0.39, 0.29) is 0 Å². The number of rotatable bonds is 5. The van der Waals surface area contributed by atoms with Crippen molar-refractivity contribution in [3.05, 3.63) is 40.9 Å². The van der Waals surface area contributed by atoms with E-state index in [0.29, 0.717) is 0 Å². The molecule has 100 valence electrons. The molecule has 1 N–H and O–H groups in total. The maximum Gasteiger partial charge on any atom is 0.196 e. The largest absolute Gasteiger partial charge is 0.441 e. The average molecular weight is 277 g/mol. The van der Waals surface area contributed by atoms with Crippen molar-refractivity contribution in [2.75, 3.05) is 6.54 Å². The Kier molecular flexibility index (Phi) is 3.58. The van der Waals surface area contributed by atoms with Crippen LogP contribution in [0.3, 0.4) is 0 Å². The summed E-state index contributed by atoms with van der Waals surface area (Å²) >= 11 is 5.96. The lowest BCUT2D eigenvalue weighted by molar-refractivity contribution is 0.494. The maximum absolute atomic E-state index is 5.96. The van der Waals surface area contributed by atoms with Crippen LogP contribution in [0.4, 0.5) is 0 Å². The Morgan fingerprint density at radius 2 is 2.26 bits per heavy atom. The van der Waals surface area contributed by atoms with Crippen LogP contribution in [-0.4, -0.2) is 17.6 Å². The Hall–Kier alpha value is -1.32. The van der Waals surface area contributed by atoms with Gasteiger partial charge in [0.05, 0.1) is 6.20 Å². The topological polar surface area (TPSA) is 38.1 Å². The minimum atomic E-state index is 0.730. The van der Waals surface area contributed by atoms with Crippen LogP contribution in [-0.2, 0) is 6.42 Å². The summed E-state index contributed by atoms with van der Waals surface area (Å²) in [5.41, 5.74) is 2.16. The maximum atomic E-state index is 5.96. The van der Waals surface area contributed by atoms with Crippen LogP contribution in [0, 0.1) is 6.92 Å². The van der Waals surface area contributed by atoms with Crippen LogP contribution >= 0.6 is 11.6 Å². The summed E-state index contributed by atoms with van der Waals surface area (Å²) in [6.45, 7) is 2.96. The van der Waals surface area contributed by atoms with Crippen LogP contribution in [0.5, 0.6) is 0 Å². The van der Waals surface area contributed by atoms with Gasteiger partial charge in [-0.3, -0.25) is 0 Å². The SMILES string of the molecule is Cc1cc(Cl)ccc1-c1cnc(CCNC2CC2)o1. The smallest absolute Gasteiger partial charge is 0.196 e. The van der Waals surface area contributed by atoms with Crippen molar-refractivity contribution in [3.63, 3.8) is 0 Å². The first-order chi connectivity index (χ1) is 9.22. The lowest BCUT2D eigenvalue weighted by Gasteiger charge is -2.02. The Morgan fingerprint density at radius 1 is 1.42 bits per heavy atom. The third-order valence-corrected chi connectivity index (χ3v) is 3.59. The van der Waals surface area contributed by atoms with Crippen molar-refractivity contribution in [3.8, 4) is 11.3 Å². The fraction of sp³-hybridized carbons (Fsp3) is 0.400. The van der Waals surface area contributed by atoms with Gasteiger partial charge in [0.1, 0.15) is 0 Å². The molecule has 2 aromatic rings. The molecule has 0 amide bonds. The number of halogens is 1. The van der Waals surface area contributed by atoms with E-state index in [4.69, 9.17) is 16.0 Å². The molecule has 1 aliphatic carbocycles. The van der Waals surface area contributed by atoms with Gasteiger partial charge in [0, 0.05) is 29.6 Å². The van der Waals surface area contributed by atoms with Gasteiger partial charge in [-0.2, -0.15) is 0 Å². The van der Waals surface area contributed by atoms with E-state index in [1.165, 1.54) is 12.8 Å². The van der Waals surface area contributed by atoms with Crippen LogP contribution in [0.25, 0.3) is 11.3 Å². The van der Waals surface area contributed by atoms with Gasteiger partial charge in [-0.25, -0.2) is 4.98 Å². The van der Waals surface area contributed by atoms with Gasteiger partial charge in [-0.1, -0.05) is 11.6 Å². The van der Waals surface area contributed by atoms with E-state index < -0.39 is 0 Å². The van der Waals surface area contributed by atoms with E-state index in [2.05, 4.69) is 10.3 Å². The monoisotopic (exact) mass is 276 g/mol. The number of benzene rings is 1. The fourth-order valence-corrected chi connectivity index (χ4v) is 2.35. The number of aryl methyl sites for hydroxylation is 1. The van der Waals surface area contributed by atoms with E-state index >= 15 is 0 Å².